The minimum absolute atomic E-state index is 0.123. The molecule has 0 aliphatic heterocycles. The number of nitrogens with zero attached hydrogens (tertiary/aromatic N) is 2. The number of rotatable bonds is 7. The summed E-state index contributed by atoms with van der Waals surface area (Å²) >= 11 is 0. The lowest BCUT2D eigenvalue weighted by molar-refractivity contribution is -0.121. The second kappa shape index (κ2) is 8.31. The number of anilines is 1. The van der Waals surface area contributed by atoms with E-state index in [4.69, 9.17) is 0 Å². The molecule has 1 atom stereocenters. The standard InChI is InChI=1S/C21H22N4O2/c1-15-10-18(8-9-19(15)17-12-23-24-13-17)25(14-26)20(11-21(27)22-2)16-6-4-3-5-7-16/h3-10,12-14,20H,11H2,1-2H3,(H,22,27)(H,23,24)/t20-/m1/s1. The highest BCUT2D eigenvalue weighted by atomic mass is 16.2. The maximum absolute atomic E-state index is 12.1. The average Bonchev–Trinajstić information content (AvgIpc) is 3.23. The highest BCUT2D eigenvalue weighted by molar-refractivity contribution is 5.83. The van der Waals surface area contributed by atoms with E-state index >= 15 is 0 Å². The van der Waals surface area contributed by atoms with Gasteiger partial charge in [-0.2, -0.15) is 5.10 Å². The second-order valence-corrected chi connectivity index (χ2v) is 6.30. The van der Waals surface area contributed by atoms with Crippen LogP contribution in [0.1, 0.15) is 23.6 Å². The lowest BCUT2D eigenvalue weighted by Gasteiger charge is -2.29. The Bertz CT molecular complexity index is 907. The van der Waals surface area contributed by atoms with Crippen LogP contribution in [0.25, 0.3) is 11.1 Å². The maximum atomic E-state index is 12.1. The van der Waals surface area contributed by atoms with Gasteiger partial charge < -0.3 is 10.2 Å². The van der Waals surface area contributed by atoms with Crippen molar-refractivity contribution < 1.29 is 9.59 Å². The fraction of sp³-hybridized carbons (Fsp3) is 0.190. The summed E-state index contributed by atoms with van der Waals surface area (Å²) in [5, 5.41) is 9.44. The molecule has 3 rings (SSSR count). The molecule has 0 spiro atoms. The van der Waals surface area contributed by atoms with Gasteiger partial charge in [-0.05, 0) is 35.7 Å². The van der Waals surface area contributed by atoms with Gasteiger partial charge in [0.2, 0.25) is 12.3 Å². The molecule has 0 saturated carbocycles. The molecule has 3 aromatic rings. The first-order valence-electron chi connectivity index (χ1n) is 8.73. The molecule has 0 unspecified atom stereocenters. The van der Waals surface area contributed by atoms with Crippen molar-refractivity contribution in [2.45, 2.75) is 19.4 Å². The van der Waals surface area contributed by atoms with E-state index < -0.39 is 0 Å². The Labute approximate surface area is 158 Å². The average molecular weight is 362 g/mol. The molecule has 0 aliphatic carbocycles. The summed E-state index contributed by atoms with van der Waals surface area (Å²) in [6.45, 7) is 1.99. The molecule has 0 fully saturated rings. The summed E-state index contributed by atoms with van der Waals surface area (Å²) in [5.41, 5.74) is 4.70. The zero-order valence-corrected chi connectivity index (χ0v) is 15.3. The Balaban J connectivity index is 1.98. The molecular weight excluding hydrogens is 340 g/mol. The molecule has 0 bridgehead atoms. The van der Waals surface area contributed by atoms with Crippen molar-refractivity contribution in [3.05, 3.63) is 72.1 Å². The molecule has 2 amide bonds. The largest absolute Gasteiger partial charge is 0.359 e. The molecule has 6 heteroatoms. The van der Waals surface area contributed by atoms with Gasteiger partial charge in [0.1, 0.15) is 0 Å². The fourth-order valence-corrected chi connectivity index (χ4v) is 3.17. The van der Waals surface area contributed by atoms with E-state index in [2.05, 4.69) is 15.5 Å². The zero-order valence-electron chi connectivity index (χ0n) is 15.3. The van der Waals surface area contributed by atoms with E-state index in [1.165, 1.54) is 0 Å². The number of hydrogen-bond donors (Lipinski definition) is 2. The summed E-state index contributed by atoms with van der Waals surface area (Å²) in [6, 6.07) is 15.0. The summed E-state index contributed by atoms with van der Waals surface area (Å²) in [4.78, 5) is 25.7. The van der Waals surface area contributed by atoms with Crippen molar-refractivity contribution in [3.8, 4) is 11.1 Å². The van der Waals surface area contributed by atoms with E-state index in [1.807, 2.05) is 61.7 Å². The SMILES string of the molecule is CNC(=O)C[C@H](c1ccccc1)N(C=O)c1ccc(-c2cn[nH]c2)c(C)c1. The van der Waals surface area contributed by atoms with Gasteiger partial charge >= 0.3 is 0 Å². The summed E-state index contributed by atoms with van der Waals surface area (Å²) in [7, 11) is 1.60. The molecule has 6 nitrogen and oxygen atoms in total. The third-order valence-electron chi connectivity index (χ3n) is 4.61. The summed E-state index contributed by atoms with van der Waals surface area (Å²) < 4.78 is 0. The first-order chi connectivity index (χ1) is 13.1. The molecule has 27 heavy (non-hydrogen) atoms. The molecule has 1 heterocycles. The highest BCUT2D eigenvalue weighted by Gasteiger charge is 2.23. The van der Waals surface area contributed by atoms with Crippen LogP contribution >= 0.6 is 0 Å². The fourth-order valence-electron chi connectivity index (χ4n) is 3.17. The molecular formula is C21H22N4O2. The Morgan fingerprint density at radius 3 is 2.63 bits per heavy atom. The normalized spacial score (nSPS) is 11.6. The third kappa shape index (κ3) is 4.06. The van der Waals surface area contributed by atoms with E-state index in [1.54, 1.807) is 18.1 Å². The van der Waals surface area contributed by atoms with Crippen molar-refractivity contribution in [3.63, 3.8) is 0 Å². The molecule has 138 valence electrons. The van der Waals surface area contributed by atoms with Gasteiger partial charge in [-0.25, -0.2) is 0 Å². The van der Waals surface area contributed by atoms with Crippen molar-refractivity contribution in [1.29, 1.82) is 0 Å². The van der Waals surface area contributed by atoms with Gasteiger partial charge in [0.15, 0.2) is 0 Å². The summed E-state index contributed by atoms with van der Waals surface area (Å²) in [6.07, 6.45) is 4.56. The first-order valence-corrected chi connectivity index (χ1v) is 8.73. The van der Waals surface area contributed by atoms with E-state index in [9.17, 15) is 9.59 Å². The molecule has 2 aromatic carbocycles. The van der Waals surface area contributed by atoms with Crippen LogP contribution in [-0.2, 0) is 9.59 Å². The molecule has 0 radical (unpaired) electrons. The quantitative estimate of drug-likeness (QED) is 0.634. The minimum Gasteiger partial charge on any atom is -0.359 e. The zero-order chi connectivity index (χ0) is 19.2. The van der Waals surface area contributed by atoms with E-state index in [-0.39, 0.29) is 18.4 Å². The van der Waals surface area contributed by atoms with Gasteiger partial charge in [-0.1, -0.05) is 36.4 Å². The van der Waals surface area contributed by atoms with Crippen LogP contribution < -0.4 is 10.2 Å². The molecule has 0 aliphatic rings. The second-order valence-electron chi connectivity index (χ2n) is 6.30. The van der Waals surface area contributed by atoms with Gasteiger partial charge in [0, 0.05) is 24.5 Å². The Hall–Kier alpha value is -3.41. The molecule has 0 saturated heterocycles. The van der Waals surface area contributed by atoms with Crippen LogP contribution in [0.3, 0.4) is 0 Å². The summed E-state index contributed by atoms with van der Waals surface area (Å²) in [5.74, 6) is -0.123. The maximum Gasteiger partial charge on any atom is 0.222 e. The number of aromatic amines is 1. The minimum atomic E-state index is -0.386. The number of carbonyl (C=O) groups is 2. The Morgan fingerprint density at radius 1 is 1.26 bits per heavy atom. The van der Waals surface area contributed by atoms with Crippen molar-refractivity contribution >= 4 is 18.0 Å². The number of carbonyl (C=O) groups excluding carboxylic acids is 2. The third-order valence-corrected chi connectivity index (χ3v) is 4.61. The number of amides is 2. The Morgan fingerprint density at radius 2 is 2.04 bits per heavy atom. The number of aromatic nitrogens is 2. The number of aryl methyl sites for hydroxylation is 1. The van der Waals surface area contributed by atoms with Crippen LogP contribution in [0, 0.1) is 6.92 Å². The highest BCUT2D eigenvalue weighted by Crippen LogP contribution is 2.32. The molecule has 2 N–H and O–H groups in total. The van der Waals surface area contributed by atoms with Crippen LogP contribution in [0.4, 0.5) is 5.69 Å². The van der Waals surface area contributed by atoms with Gasteiger partial charge in [-0.15, -0.1) is 0 Å². The molecule has 1 aromatic heterocycles. The number of hydrogen-bond acceptors (Lipinski definition) is 3. The Kier molecular flexibility index (Phi) is 5.66. The van der Waals surface area contributed by atoms with Crippen LogP contribution in [0.5, 0.6) is 0 Å². The van der Waals surface area contributed by atoms with Crippen LogP contribution in [-0.4, -0.2) is 29.6 Å². The number of benzene rings is 2. The van der Waals surface area contributed by atoms with E-state index in [0.29, 0.717) is 0 Å². The number of nitrogens with one attached hydrogen (secondary N) is 2. The van der Waals surface area contributed by atoms with Gasteiger partial charge in [0.05, 0.1) is 18.7 Å². The van der Waals surface area contributed by atoms with Crippen molar-refractivity contribution in [2.24, 2.45) is 0 Å². The smallest absolute Gasteiger partial charge is 0.222 e. The number of H-pyrrole nitrogens is 1. The van der Waals surface area contributed by atoms with Gasteiger partial charge in [0.25, 0.3) is 0 Å². The van der Waals surface area contributed by atoms with E-state index in [0.717, 1.165) is 34.4 Å². The predicted octanol–water partition coefficient (Wildman–Crippen LogP) is 3.23. The van der Waals surface area contributed by atoms with Crippen LogP contribution in [0.2, 0.25) is 0 Å². The van der Waals surface area contributed by atoms with Gasteiger partial charge in [-0.3, -0.25) is 14.7 Å². The van der Waals surface area contributed by atoms with Crippen molar-refractivity contribution in [1.82, 2.24) is 15.5 Å². The monoisotopic (exact) mass is 362 g/mol. The first kappa shape index (κ1) is 18.4. The topological polar surface area (TPSA) is 78.1 Å². The lowest BCUT2D eigenvalue weighted by atomic mass is 9.99. The predicted molar refractivity (Wildman–Crippen MR) is 105 cm³/mol. The van der Waals surface area contributed by atoms with Crippen LogP contribution in [0.15, 0.2) is 60.9 Å². The van der Waals surface area contributed by atoms with Crippen molar-refractivity contribution in [2.75, 3.05) is 11.9 Å². The lowest BCUT2D eigenvalue weighted by Crippen LogP contribution is -2.32.